The van der Waals surface area contributed by atoms with Gasteiger partial charge in [-0.05, 0) is 49.9 Å². The van der Waals surface area contributed by atoms with Crippen LogP contribution in [0.4, 0.5) is 0 Å². The first kappa shape index (κ1) is 19.0. The average molecular weight is 402 g/mol. The molecule has 0 spiro atoms. The van der Waals surface area contributed by atoms with Gasteiger partial charge in [-0.2, -0.15) is 5.10 Å². The molecule has 3 heterocycles. The van der Waals surface area contributed by atoms with Crippen molar-refractivity contribution in [2.75, 3.05) is 0 Å². The number of hydrogen-bond acceptors (Lipinski definition) is 5. The van der Waals surface area contributed by atoms with Crippen LogP contribution in [0.2, 0.25) is 0 Å². The molecule has 0 saturated carbocycles. The number of hydrogen-bond donors (Lipinski definition) is 3. The third-order valence-corrected chi connectivity index (χ3v) is 6.22. The topological polar surface area (TPSA) is 99.5 Å². The maximum absolute atomic E-state index is 5.98. The lowest BCUT2D eigenvalue weighted by atomic mass is 9.89. The maximum atomic E-state index is 5.98. The number of H-pyrrole nitrogens is 2. The van der Waals surface area contributed by atoms with Gasteiger partial charge in [0.2, 0.25) is 0 Å². The SMILES string of the molecule is CC(c1[nH]ncc1CN)N(Cc1nc2ccccc2[nH]1)C1CCCc2cccnc21. The highest BCUT2D eigenvalue weighted by molar-refractivity contribution is 5.74. The number of benzene rings is 1. The summed E-state index contributed by atoms with van der Waals surface area (Å²) in [4.78, 5) is 15.6. The zero-order valence-corrected chi connectivity index (χ0v) is 17.2. The van der Waals surface area contributed by atoms with E-state index in [9.17, 15) is 0 Å². The predicted molar refractivity (Wildman–Crippen MR) is 116 cm³/mol. The van der Waals surface area contributed by atoms with Crippen molar-refractivity contribution in [1.82, 2.24) is 30.0 Å². The summed E-state index contributed by atoms with van der Waals surface area (Å²) >= 11 is 0. The largest absolute Gasteiger partial charge is 0.341 e. The Morgan fingerprint density at radius 3 is 3.00 bits per heavy atom. The van der Waals surface area contributed by atoms with Gasteiger partial charge < -0.3 is 10.7 Å². The second kappa shape index (κ2) is 8.01. The molecular formula is C23H27N7. The Kier molecular flexibility index (Phi) is 5.06. The third-order valence-electron chi connectivity index (χ3n) is 6.22. The van der Waals surface area contributed by atoms with Crippen molar-refractivity contribution in [2.45, 2.75) is 51.4 Å². The monoisotopic (exact) mass is 401 g/mol. The van der Waals surface area contributed by atoms with Crippen molar-refractivity contribution in [2.24, 2.45) is 5.73 Å². The van der Waals surface area contributed by atoms with Gasteiger partial charge in [0.05, 0.1) is 47.2 Å². The van der Waals surface area contributed by atoms with Crippen LogP contribution in [0.25, 0.3) is 11.0 Å². The fraction of sp³-hybridized carbons (Fsp3) is 0.348. The normalized spacial score (nSPS) is 17.4. The summed E-state index contributed by atoms with van der Waals surface area (Å²) in [5.41, 5.74) is 12.7. The number of fused-ring (bicyclic) bond motifs is 2. The molecule has 0 bridgehead atoms. The Hall–Kier alpha value is -3.03. The second-order valence-corrected chi connectivity index (χ2v) is 8.02. The molecule has 7 heteroatoms. The summed E-state index contributed by atoms with van der Waals surface area (Å²) in [6.45, 7) is 3.38. The highest BCUT2D eigenvalue weighted by Gasteiger charge is 2.32. The van der Waals surface area contributed by atoms with E-state index in [1.165, 1.54) is 11.3 Å². The van der Waals surface area contributed by atoms with Gasteiger partial charge in [-0.1, -0.05) is 18.2 Å². The third kappa shape index (κ3) is 3.40. The van der Waals surface area contributed by atoms with Crippen LogP contribution < -0.4 is 5.73 Å². The first-order valence-electron chi connectivity index (χ1n) is 10.6. The van der Waals surface area contributed by atoms with Gasteiger partial charge in [0.1, 0.15) is 5.82 Å². The van der Waals surface area contributed by atoms with E-state index in [0.29, 0.717) is 13.1 Å². The number of pyridine rings is 1. The number of nitrogens with two attached hydrogens (primary N) is 1. The van der Waals surface area contributed by atoms with Crippen LogP contribution in [-0.4, -0.2) is 30.0 Å². The van der Waals surface area contributed by atoms with Gasteiger partial charge in [-0.25, -0.2) is 4.98 Å². The number of aromatic amines is 2. The summed E-state index contributed by atoms with van der Waals surface area (Å²) in [5, 5.41) is 7.45. The average Bonchev–Trinajstić information content (AvgIpc) is 3.43. The van der Waals surface area contributed by atoms with Crippen LogP contribution in [0.3, 0.4) is 0 Å². The Balaban J connectivity index is 1.55. The van der Waals surface area contributed by atoms with E-state index < -0.39 is 0 Å². The number of aromatic nitrogens is 5. The van der Waals surface area contributed by atoms with Crippen molar-refractivity contribution < 1.29 is 0 Å². The van der Waals surface area contributed by atoms with Crippen molar-refractivity contribution in [3.05, 3.63) is 77.1 Å². The molecule has 1 aromatic carbocycles. The zero-order valence-electron chi connectivity index (χ0n) is 17.2. The number of rotatable bonds is 6. The van der Waals surface area contributed by atoms with Crippen LogP contribution in [0.15, 0.2) is 48.8 Å². The molecule has 0 saturated heterocycles. The van der Waals surface area contributed by atoms with Crippen molar-refractivity contribution in [1.29, 1.82) is 0 Å². The van der Waals surface area contributed by atoms with Crippen LogP contribution in [-0.2, 0) is 19.5 Å². The van der Waals surface area contributed by atoms with Gasteiger partial charge in [-0.3, -0.25) is 15.0 Å². The molecule has 0 fully saturated rings. The summed E-state index contributed by atoms with van der Waals surface area (Å²) < 4.78 is 0. The van der Waals surface area contributed by atoms with Gasteiger partial charge in [0.15, 0.2) is 0 Å². The van der Waals surface area contributed by atoms with E-state index >= 15 is 0 Å². The molecule has 1 aliphatic carbocycles. The summed E-state index contributed by atoms with van der Waals surface area (Å²) in [6.07, 6.45) is 7.05. The predicted octanol–water partition coefficient (Wildman–Crippen LogP) is 3.78. The van der Waals surface area contributed by atoms with Crippen molar-refractivity contribution in [3.63, 3.8) is 0 Å². The number of imidazole rings is 1. The van der Waals surface area contributed by atoms with Crippen LogP contribution in [0.1, 0.15) is 60.2 Å². The molecule has 0 radical (unpaired) electrons. The van der Waals surface area contributed by atoms with E-state index in [-0.39, 0.29) is 12.1 Å². The number of nitrogens with zero attached hydrogens (tertiary/aromatic N) is 4. The Morgan fingerprint density at radius 1 is 1.23 bits per heavy atom. The molecule has 0 amide bonds. The van der Waals surface area contributed by atoms with Gasteiger partial charge in [-0.15, -0.1) is 0 Å². The number of nitrogens with one attached hydrogen (secondary N) is 2. The van der Waals surface area contributed by atoms with Crippen LogP contribution in [0.5, 0.6) is 0 Å². The van der Waals surface area contributed by atoms with Crippen LogP contribution >= 0.6 is 0 Å². The highest BCUT2D eigenvalue weighted by atomic mass is 15.2. The standard InChI is InChI=1S/C23H27N7/c1-15(22-17(12-24)13-26-29-22)30(14-21-27-18-8-2-3-9-19(18)28-21)20-10-4-6-16-7-5-11-25-23(16)20/h2-3,5,7-9,11,13,15,20H,4,6,10,12,14,24H2,1H3,(H,26,29)(H,27,28). The molecule has 2 unspecified atom stereocenters. The van der Waals surface area contributed by atoms with Gasteiger partial charge in [0.25, 0.3) is 0 Å². The highest BCUT2D eigenvalue weighted by Crippen LogP contribution is 2.39. The fourth-order valence-corrected chi connectivity index (χ4v) is 4.69. The molecule has 154 valence electrons. The molecule has 2 atom stereocenters. The molecule has 4 aromatic rings. The summed E-state index contributed by atoms with van der Waals surface area (Å²) in [6, 6.07) is 12.7. The molecular weight excluding hydrogens is 374 g/mol. The Morgan fingerprint density at radius 2 is 2.13 bits per heavy atom. The lowest BCUT2D eigenvalue weighted by Gasteiger charge is -2.38. The molecule has 5 rings (SSSR count). The van der Waals surface area contributed by atoms with E-state index in [1.807, 2.05) is 36.7 Å². The Labute approximate surface area is 175 Å². The van der Waals surface area contributed by atoms with E-state index in [2.05, 4.69) is 39.1 Å². The van der Waals surface area contributed by atoms with Crippen molar-refractivity contribution in [3.8, 4) is 0 Å². The van der Waals surface area contributed by atoms with Crippen LogP contribution in [0, 0.1) is 0 Å². The minimum Gasteiger partial charge on any atom is -0.341 e. The van der Waals surface area contributed by atoms with E-state index in [4.69, 9.17) is 15.7 Å². The molecule has 7 nitrogen and oxygen atoms in total. The lowest BCUT2D eigenvalue weighted by Crippen LogP contribution is -2.35. The zero-order chi connectivity index (χ0) is 20.5. The van der Waals surface area contributed by atoms with Gasteiger partial charge >= 0.3 is 0 Å². The molecule has 30 heavy (non-hydrogen) atoms. The summed E-state index contributed by atoms with van der Waals surface area (Å²) in [5.74, 6) is 0.958. The minimum absolute atomic E-state index is 0.0946. The Bertz CT molecular complexity index is 1110. The fourth-order valence-electron chi connectivity index (χ4n) is 4.69. The van der Waals surface area contributed by atoms with Gasteiger partial charge in [0, 0.05) is 18.3 Å². The quantitative estimate of drug-likeness (QED) is 0.457. The van der Waals surface area contributed by atoms with Crippen molar-refractivity contribution >= 4 is 11.0 Å². The molecule has 4 N–H and O–H groups in total. The summed E-state index contributed by atoms with van der Waals surface area (Å²) in [7, 11) is 0. The first-order valence-corrected chi connectivity index (χ1v) is 10.6. The number of para-hydroxylation sites is 2. The minimum atomic E-state index is 0.0946. The lowest BCUT2D eigenvalue weighted by molar-refractivity contribution is 0.110. The molecule has 3 aromatic heterocycles. The van der Waals surface area contributed by atoms with E-state index in [0.717, 1.165) is 47.4 Å². The number of aryl methyl sites for hydroxylation is 1. The molecule has 1 aliphatic rings. The maximum Gasteiger partial charge on any atom is 0.121 e. The second-order valence-electron chi connectivity index (χ2n) is 8.02. The van der Waals surface area contributed by atoms with E-state index in [1.54, 1.807) is 0 Å². The first-order chi connectivity index (χ1) is 14.7. The smallest absolute Gasteiger partial charge is 0.121 e. The molecule has 0 aliphatic heterocycles.